The number of amides is 2. The van der Waals surface area contributed by atoms with E-state index in [1.54, 1.807) is 12.0 Å². The predicted octanol–water partition coefficient (Wildman–Crippen LogP) is 2.97. The zero-order valence-electron chi connectivity index (χ0n) is 20.3. The Hall–Kier alpha value is -3.57. The fraction of sp³-hybridized carbons (Fsp3) is 0.385. The van der Waals surface area contributed by atoms with Crippen molar-refractivity contribution >= 4 is 51.9 Å². The van der Waals surface area contributed by atoms with Crippen molar-refractivity contribution in [1.82, 2.24) is 14.9 Å². The Morgan fingerprint density at radius 2 is 2.05 bits per heavy atom. The van der Waals surface area contributed by atoms with Gasteiger partial charge in [-0.25, -0.2) is 9.78 Å². The monoisotopic (exact) mass is 518 g/mol. The first kappa shape index (κ1) is 22.6. The summed E-state index contributed by atoms with van der Waals surface area (Å²) in [5.41, 5.74) is 4.31. The Morgan fingerprint density at radius 3 is 2.89 bits per heavy atom. The summed E-state index contributed by atoms with van der Waals surface area (Å²) < 4.78 is 11.1. The number of hydrogen-bond donors (Lipinski definition) is 1. The van der Waals surface area contributed by atoms with E-state index < -0.39 is 0 Å². The van der Waals surface area contributed by atoms with Crippen LogP contribution in [-0.2, 0) is 9.53 Å². The number of hydrogen-bond acceptors (Lipinski definition) is 9. The zero-order chi connectivity index (χ0) is 25.1. The molecular formula is C26H26N6O4S. The van der Waals surface area contributed by atoms with E-state index in [1.807, 2.05) is 42.6 Å². The molecule has 3 aromatic rings. The number of aromatic nitrogens is 2. The lowest BCUT2D eigenvalue weighted by molar-refractivity contribution is -0.113. The summed E-state index contributed by atoms with van der Waals surface area (Å²) in [5, 5.41) is 2.90. The number of methoxy groups -OCH3 is 1. The van der Waals surface area contributed by atoms with Gasteiger partial charge in [-0.3, -0.25) is 19.6 Å². The van der Waals surface area contributed by atoms with E-state index in [-0.39, 0.29) is 18.1 Å². The third kappa shape index (κ3) is 3.93. The van der Waals surface area contributed by atoms with Gasteiger partial charge in [-0.1, -0.05) is 0 Å². The molecule has 190 valence electrons. The molecule has 0 aliphatic carbocycles. The Labute approximate surface area is 217 Å². The molecule has 4 aliphatic rings. The molecule has 1 N–H and O–H groups in total. The van der Waals surface area contributed by atoms with Gasteiger partial charge in [-0.2, -0.15) is 0 Å². The van der Waals surface area contributed by atoms with Crippen LogP contribution >= 0.6 is 11.8 Å². The van der Waals surface area contributed by atoms with Gasteiger partial charge < -0.3 is 19.7 Å². The van der Waals surface area contributed by atoms with Gasteiger partial charge in [0.15, 0.2) is 0 Å². The molecule has 7 rings (SSSR count). The van der Waals surface area contributed by atoms with E-state index in [9.17, 15) is 9.59 Å². The van der Waals surface area contributed by atoms with Crippen LogP contribution in [0.15, 0.2) is 47.5 Å². The van der Waals surface area contributed by atoms with Gasteiger partial charge in [0.2, 0.25) is 11.8 Å². The summed E-state index contributed by atoms with van der Waals surface area (Å²) in [6, 6.07) is 12.3. The Balaban J connectivity index is 1.03. The molecule has 10 nitrogen and oxygen atoms in total. The minimum absolute atomic E-state index is 0.0238. The second-order valence-corrected chi connectivity index (χ2v) is 10.9. The minimum Gasteiger partial charge on any atom is -0.481 e. The number of anilines is 3. The van der Waals surface area contributed by atoms with Gasteiger partial charge >= 0.3 is 6.09 Å². The smallest absolute Gasteiger partial charge is 0.414 e. The van der Waals surface area contributed by atoms with E-state index in [2.05, 4.69) is 25.1 Å². The van der Waals surface area contributed by atoms with Gasteiger partial charge in [-0.05, 0) is 36.8 Å². The highest BCUT2D eigenvalue weighted by Gasteiger charge is 2.46. The maximum atomic E-state index is 12.7. The van der Waals surface area contributed by atoms with Crippen LogP contribution in [0, 0.1) is 0 Å². The van der Waals surface area contributed by atoms with Crippen LogP contribution in [-0.4, -0.2) is 84.1 Å². The highest BCUT2D eigenvalue weighted by atomic mass is 32.2. The second kappa shape index (κ2) is 8.77. The molecule has 0 unspecified atom stereocenters. The molecule has 3 saturated heterocycles. The third-order valence-corrected chi connectivity index (χ3v) is 8.70. The first-order valence-corrected chi connectivity index (χ1v) is 13.4. The van der Waals surface area contributed by atoms with Crippen LogP contribution in [0.5, 0.6) is 5.88 Å². The molecule has 2 amide bonds. The van der Waals surface area contributed by atoms with Crippen molar-refractivity contribution in [2.24, 2.45) is 0 Å². The average molecular weight is 519 g/mol. The van der Waals surface area contributed by atoms with Crippen LogP contribution in [0.1, 0.15) is 6.42 Å². The van der Waals surface area contributed by atoms with E-state index in [1.165, 1.54) is 11.8 Å². The maximum Gasteiger partial charge on any atom is 0.414 e. The molecule has 3 fully saturated rings. The largest absolute Gasteiger partial charge is 0.481 e. The van der Waals surface area contributed by atoms with Crippen LogP contribution in [0.4, 0.5) is 21.9 Å². The first-order valence-electron chi connectivity index (χ1n) is 12.4. The van der Waals surface area contributed by atoms with Crippen molar-refractivity contribution in [3.63, 3.8) is 0 Å². The van der Waals surface area contributed by atoms with Gasteiger partial charge in [0.05, 0.1) is 36.3 Å². The number of fused-ring (bicyclic) bond motifs is 4. The summed E-state index contributed by atoms with van der Waals surface area (Å²) in [5.74, 6) is 0.974. The quantitative estimate of drug-likeness (QED) is 0.546. The number of carbonyl (C=O) groups is 2. The summed E-state index contributed by atoms with van der Waals surface area (Å²) in [6.07, 6.45) is 2.37. The van der Waals surface area contributed by atoms with Crippen molar-refractivity contribution in [3.8, 4) is 5.88 Å². The maximum absolute atomic E-state index is 12.7. The standard InChI is InChI=1S/C26H26N6O4S/c1-35-24-5-3-19-25(29-24)21(6-7-27-19)31-11-16-8-17(31)10-30(16)12-18-13-32(26(34)36-18)15-2-4-22-20(9-15)28-23(33)14-37-22/h2-7,9,16-18H,8,10-14H2,1H3,(H,28,33)/t16-,17-,18+/m0/s1. The van der Waals surface area contributed by atoms with Crippen molar-refractivity contribution in [1.29, 1.82) is 0 Å². The lowest BCUT2D eigenvalue weighted by atomic mass is 10.2. The second-order valence-electron chi connectivity index (χ2n) is 9.83. The number of carbonyl (C=O) groups excluding carboxylic acids is 2. The van der Waals surface area contributed by atoms with Gasteiger partial charge in [0, 0.05) is 54.6 Å². The molecule has 4 aliphatic heterocycles. The first-order chi connectivity index (χ1) is 18.1. The van der Waals surface area contributed by atoms with Crippen molar-refractivity contribution in [3.05, 3.63) is 42.6 Å². The van der Waals surface area contributed by atoms with Crippen molar-refractivity contribution < 1.29 is 19.1 Å². The van der Waals surface area contributed by atoms with Crippen molar-refractivity contribution in [2.45, 2.75) is 29.5 Å². The summed E-state index contributed by atoms with van der Waals surface area (Å²) in [7, 11) is 1.62. The number of likely N-dealkylation sites (tertiary alicyclic amines) is 1. The van der Waals surface area contributed by atoms with E-state index in [4.69, 9.17) is 9.47 Å². The molecule has 6 heterocycles. The van der Waals surface area contributed by atoms with Gasteiger partial charge in [-0.15, -0.1) is 11.8 Å². The average Bonchev–Trinajstić information content (AvgIpc) is 3.61. The van der Waals surface area contributed by atoms with Crippen LogP contribution < -0.4 is 19.9 Å². The number of thioether (sulfide) groups is 1. The molecule has 37 heavy (non-hydrogen) atoms. The molecule has 2 aromatic heterocycles. The number of piperazine rings is 1. The van der Waals surface area contributed by atoms with E-state index in [0.717, 1.165) is 52.5 Å². The molecule has 3 atom stereocenters. The molecule has 11 heteroatoms. The minimum atomic E-state index is -0.339. The zero-order valence-corrected chi connectivity index (χ0v) is 21.1. The molecule has 0 radical (unpaired) electrons. The molecular weight excluding hydrogens is 492 g/mol. The number of nitrogens with zero attached hydrogens (tertiary/aromatic N) is 5. The normalized spacial score (nSPS) is 24.9. The molecule has 1 aromatic carbocycles. The number of ether oxygens (including phenoxy) is 2. The summed E-state index contributed by atoms with van der Waals surface area (Å²) in [4.78, 5) is 41.2. The van der Waals surface area contributed by atoms with Crippen LogP contribution in [0.3, 0.4) is 0 Å². The third-order valence-electron chi connectivity index (χ3n) is 7.63. The molecule has 0 saturated carbocycles. The number of benzene rings is 1. The van der Waals surface area contributed by atoms with Crippen molar-refractivity contribution in [2.75, 3.05) is 54.2 Å². The fourth-order valence-electron chi connectivity index (χ4n) is 5.94. The number of nitrogens with one attached hydrogen (secondary N) is 1. The van der Waals surface area contributed by atoms with Gasteiger partial charge in [0.1, 0.15) is 11.6 Å². The van der Waals surface area contributed by atoms with Crippen LogP contribution in [0.25, 0.3) is 11.0 Å². The Morgan fingerprint density at radius 1 is 1.14 bits per heavy atom. The summed E-state index contributed by atoms with van der Waals surface area (Å²) >= 11 is 1.51. The highest BCUT2D eigenvalue weighted by molar-refractivity contribution is 8.00. The predicted molar refractivity (Wildman–Crippen MR) is 141 cm³/mol. The SMILES string of the molecule is COc1ccc2nccc(N3C[C@@H]4C[C@H]3CN4C[C@@H]3CN(c4ccc5c(c4)NC(=O)CS5)C(=O)O3)c2n1. The lowest BCUT2D eigenvalue weighted by Crippen LogP contribution is -2.49. The fourth-order valence-corrected chi connectivity index (χ4v) is 6.72. The van der Waals surface area contributed by atoms with E-state index in [0.29, 0.717) is 36.8 Å². The lowest BCUT2D eigenvalue weighted by Gasteiger charge is -2.36. The highest BCUT2D eigenvalue weighted by Crippen LogP contribution is 2.39. The Kier molecular flexibility index (Phi) is 5.36. The number of rotatable bonds is 5. The van der Waals surface area contributed by atoms with Gasteiger partial charge in [0.25, 0.3) is 0 Å². The van der Waals surface area contributed by atoms with E-state index >= 15 is 0 Å². The topological polar surface area (TPSA) is 100 Å². The van der Waals surface area contributed by atoms with Crippen LogP contribution in [0.2, 0.25) is 0 Å². The Bertz CT molecular complexity index is 1420. The summed E-state index contributed by atoms with van der Waals surface area (Å²) in [6.45, 7) is 3.01. The number of cyclic esters (lactones) is 1. The molecule has 2 bridgehead atoms. The number of pyridine rings is 2. The molecule has 0 spiro atoms.